The maximum atomic E-state index is 12.6. The second-order valence-corrected chi connectivity index (χ2v) is 7.92. The van der Waals surface area contributed by atoms with Crippen molar-refractivity contribution in [3.05, 3.63) is 60.2 Å². The summed E-state index contributed by atoms with van der Waals surface area (Å²) in [6.45, 7) is 0.913. The normalized spacial score (nSPS) is 17.6. The van der Waals surface area contributed by atoms with E-state index in [9.17, 15) is 4.79 Å². The van der Waals surface area contributed by atoms with Gasteiger partial charge in [-0.3, -0.25) is 14.8 Å². The van der Waals surface area contributed by atoms with Crippen LogP contribution in [0.25, 0.3) is 0 Å². The van der Waals surface area contributed by atoms with Crippen LogP contribution in [0.2, 0.25) is 0 Å². The van der Waals surface area contributed by atoms with Crippen LogP contribution in [0, 0.1) is 0 Å². The second-order valence-electron chi connectivity index (χ2n) is 7.92. The zero-order valence-corrected chi connectivity index (χ0v) is 17.3. The smallest absolute Gasteiger partial charge is 0.323 e. The van der Waals surface area contributed by atoms with Crippen LogP contribution in [0.1, 0.15) is 62.5 Å². The molecule has 3 heterocycles. The molecule has 1 aliphatic rings. The molecule has 29 heavy (non-hydrogen) atoms. The monoisotopic (exact) mass is 395 g/mol. The van der Waals surface area contributed by atoms with Crippen LogP contribution in [0.3, 0.4) is 0 Å². The molecular weight excluding hydrogens is 362 g/mol. The van der Waals surface area contributed by atoms with Gasteiger partial charge in [0.1, 0.15) is 12.1 Å². The van der Waals surface area contributed by atoms with Crippen molar-refractivity contribution in [2.45, 2.75) is 76.4 Å². The van der Waals surface area contributed by atoms with E-state index in [2.05, 4.69) is 27.4 Å². The number of carbonyl (C=O) groups excluding carboxylic acids is 1. The summed E-state index contributed by atoms with van der Waals surface area (Å²) in [6, 6.07) is 8.05. The summed E-state index contributed by atoms with van der Waals surface area (Å²) in [7, 11) is 0. The van der Waals surface area contributed by atoms with Crippen LogP contribution in [0.5, 0.6) is 0 Å². The number of esters is 1. The number of hydrogen-bond acceptors (Lipinski definition) is 5. The number of aromatic nitrogens is 2. The summed E-state index contributed by atoms with van der Waals surface area (Å²) >= 11 is 0. The fourth-order valence-electron chi connectivity index (χ4n) is 3.89. The average molecular weight is 396 g/mol. The highest BCUT2D eigenvalue weighted by molar-refractivity contribution is 5.76. The SMILES string of the molecule is O=C(OC(CCCCc1cccnc1)CCCc1cccnc1)C1CCCCN1. The number of piperidine rings is 1. The maximum Gasteiger partial charge on any atom is 0.323 e. The van der Waals surface area contributed by atoms with Gasteiger partial charge in [-0.05, 0) is 87.6 Å². The van der Waals surface area contributed by atoms with Gasteiger partial charge in [0.15, 0.2) is 0 Å². The highest BCUT2D eigenvalue weighted by Gasteiger charge is 2.24. The molecule has 5 nitrogen and oxygen atoms in total. The minimum Gasteiger partial charge on any atom is -0.461 e. The highest BCUT2D eigenvalue weighted by Crippen LogP contribution is 2.17. The molecule has 156 valence electrons. The number of aryl methyl sites for hydroxylation is 2. The lowest BCUT2D eigenvalue weighted by atomic mass is 10.0. The van der Waals surface area contributed by atoms with Gasteiger partial charge in [0, 0.05) is 24.8 Å². The third-order valence-electron chi connectivity index (χ3n) is 5.56. The molecule has 2 aromatic heterocycles. The Hall–Kier alpha value is -2.27. The molecule has 0 bridgehead atoms. The molecule has 2 aromatic rings. The molecule has 0 spiro atoms. The van der Waals surface area contributed by atoms with E-state index in [0.717, 1.165) is 70.8 Å². The van der Waals surface area contributed by atoms with Gasteiger partial charge >= 0.3 is 5.97 Å². The summed E-state index contributed by atoms with van der Waals surface area (Å²) in [5, 5.41) is 3.31. The van der Waals surface area contributed by atoms with Gasteiger partial charge < -0.3 is 10.1 Å². The summed E-state index contributed by atoms with van der Waals surface area (Å²) in [6.07, 6.45) is 17.6. The summed E-state index contributed by atoms with van der Waals surface area (Å²) in [5.41, 5.74) is 2.51. The molecule has 1 saturated heterocycles. The lowest BCUT2D eigenvalue weighted by Gasteiger charge is -2.25. The maximum absolute atomic E-state index is 12.6. The Balaban J connectivity index is 1.45. The number of rotatable bonds is 11. The average Bonchev–Trinajstić information content (AvgIpc) is 2.78. The Bertz CT molecular complexity index is 703. The molecule has 0 radical (unpaired) electrons. The van der Waals surface area contributed by atoms with Crippen LogP contribution in [0.4, 0.5) is 0 Å². The zero-order valence-electron chi connectivity index (χ0n) is 17.3. The van der Waals surface area contributed by atoms with Gasteiger partial charge in [-0.2, -0.15) is 0 Å². The van der Waals surface area contributed by atoms with Crippen LogP contribution in [-0.4, -0.2) is 34.6 Å². The number of nitrogens with one attached hydrogen (secondary N) is 1. The molecule has 1 fully saturated rings. The van der Waals surface area contributed by atoms with Gasteiger partial charge in [-0.25, -0.2) is 0 Å². The van der Waals surface area contributed by atoms with Gasteiger partial charge in [-0.1, -0.05) is 18.6 Å². The van der Waals surface area contributed by atoms with E-state index in [-0.39, 0.29) is 18.1 Å². The first kappa shape index (κ1) is 21.4. The third-order valence-corrected chi connectivity index (χ3v) is 5.56. The lowest BCUT2D eigenvalue weighted by molar-refractivity contribution is -0.153. The van der Waals surface area contributed by atoms with E-state index in [1.54, 1.807) is 12.4 Å². The van der Waals surface area contributed by atoms with E-state index < -0.39 is 0 Å². The molecule has 1 aliphatic heterocycles. The molecule has 3 rings (SSSR count). The number of ether oxygens (including phenoxy) is 1. The largest absolute Gasteiger partial charge is 0.461 e. The molecule has 0 aromatic carbocycles. The highest BCUT2D eigenvalue weighted by atomic mass is 16.5. The standard InChI is InChI=1S/C24H33N3O2/c28-24(23-14-3-4-17-27-23)29-22(13-5-9-21-11-7-16-26-19-21)12-2-1-8-20-10-6-15-25-18-20/h6-7,10-11,15-16,18-19,22-23,27H,1-5,8-9,12-14,17H2. The molecule has 1 N–H and O–H groups in total. The molecule has 0 aliphatic carbocycles. The fraction of sp³-hybridized carbons (Fsp3) is 0.542. The Morgan fingerprint density at radius 2 is 1.69 bits per heavy atom. The van der Waals surface area contributed by atoms with Crippen molar-refractivity contribution in [3.8, 4) is 0 Å². The molecular formula is C24H33N3O2. The van der Waals surface area contributed by atoms with Crippen LogP contribution >= 0.6 is 0 Å². The topological polar surface area (TPSA) is 64.1 Å². The number of hydrogen-bond donors (Lipinski definition) is 1. The minimum absolute atomic E-state index is 0.00297. The van der Waals surface area contributed by atoms with E-state index in [1.165, 1.54) is 11.1 Å². The van der Waals surface area contributed by atoms with Gasteiger partial charge in [0.25, 0.3) is 0 Å². The van der Waals surface area contributed by atoms with Crippen molar-refractivity contribution in [2.24, 2.45) is 0 Å². The van der Waals surface area contributed by atoms with Crippen molar-refractivity contribution < 1.29 is 9.53 Å². The van der Waals surface area contributed by atoms with E-state index in [0.29, 0.717) is 0 Å². The van der Waals surface area contributed by atoms with Crippen LogP contribution in [-0.2, 0) is 22.4 Å². The quantitative estimate of drug-likeness (QED) is 0.455. The number of carbonyl (C=O) groups is 1. The molecule has 5 heteroatoms. The van der Waals surface area contributed by atoms with Crippen molar-refractivity contribution in [1.29, 1.82) is 0 Å². The number of pyridine rings is 2. The summed E-state index contributed by atoms with van der Waals surface area (Å²) < 4.78 is 5.95. The Labute approximate surface area is 174 Å². The van der Waals surface area contributed by atoms with Gasteiger partial charge in [0.2, 0.25) is 0 Å². The number of nitrogens with zero attached hydrogens (tertiary/aromatic N) is 2. The molecule has 0 amide bonds. The van der Waals surface area contributed by atoms with E-state index in [4.69, 9.17) is 4.74 Å². The first-order valence-electron chi connectivity index (χ1n) is 11.0. The molecule has 2 atom stereocenters. The minimum atomic E-state index is -0.125. The fourth-order valence-corrected chi connectivity index (χ4v) is 3.89. The van der Waals surface area contributed by atoms with Crippen molar-refractivity contribution in [2.75, 3.05) is 6.54 Å². The summed E-state index contributed by atoms with van der Waals surface area (Å²) in [4.78, 5) is 21.0. The first-order chi connectivity index (χ1) is 14.3. The van der Waals surface area contributed by atoms with Crippen LogP contribution < -0.4 is 5.32 Å². The Morgan fingerprint density at radius 1 is 1.00 bits per heavy atom. The summed E-state index contributed by atoms with van der Waals surface area (Å²) in [5.74, 6) is -0.0664. The van der Waals surface area contributed by atoms with Gasteiger partial charge in [-0.15, -0.1) is 0 Å². The zero-order chi connectivity index (χ0) is 20.2. The van der Waals surface area contributed by atoms with Crippen LogP contribution in [0.15, 0.2) is 49.1 Å². The lowest BCUT2D eigenvalue weighted by Crippen LogP contribution is -2.42. The molecule has 0 saturated carbocycles. The van der Waals surface area contributed by atoms with Crippen molar-refractivity contribution in [3.63, 3.8) is 0 Å². The predicted molar refractivity (Wildman–Crippen MR) is 114 cm³/mol. The Kier molecular flexibility index (Phi) is 9.11. The predicted octanol–water partition coefficient (Wildman–Crippen LogP) is 4.27. The number of unbranched alkanes of at least 4 members (excludes halogenated alkanes) is 1. The third kappa shape index (κ3) is 7.94. The first-order valence-corrected chi connectivity index (χ1v) is 11.0. The second kappa shape index (κ2) is 12.3. The Morgan fingerprint density at radius 3 is 2.31 bits per heavy atom. The van der Waals surface area contributed by atoms with Crippen molar-refractivity contribution >= 4 is 5.97 Å². The van der Waals surface area contributed by atoms with Gasteiger partial charge in [0.05, 0.1) is 0 Å². The van der Waals surface area contributed by atoms with E-state index >= 15 is 0 Å². The van der Waals surface area contributed by atoms with E-state index in [1.807, 2.05) is 24.5 Å². The van der Waals surface area contributed by atoms with Crippen molar-refractivity contribution in [1.82, 2.24) is 15.3 Å². The molecule has 2 unspecified atom stereocenters.